The van der Waals surface area contributed by atoms with E-state index in [-0.39, 0.29) is 11.9 Å². The van der Waals surface area contributed by atoms with Crippen LogP contribution in [0.25, 0.3) is 11.5 Å². The first-order valence-corrected chi connectivity index (χ1v) is 8.52. The third-order valence-corrected chi connectivity index (χ3v) is 4.45. The summed E-state index contributed by atoms with van der Waals surface area (Å²) in [6.45, 7) is 4.79. The van der Waals surface area contributed by atoms with E-state index in [2.05, 4.69) is 9.97 Å². The second kappa shape index (κ2) is 6.63. The SMILES string of the molecule is Cc1cc(-c2nc(C(=O)N3Cc4ccccc4OCC3C)co2)ccn1. The summed E-state index contributed by atoms with van der Waals surface area (Å²) in [6, 6.07) is 11.4. The van der Waals surface area contributed by atoms with Gasteiger partial charge in [-0.25, -0.2) is 4.98 Å². The lowest BCUT2D eigenvalue weighted by molar-refractivity contribution is 0.0639. The Morgan fingerprint density at radius 2 is 2.12 bits per heavy atom. The van der Waals surface area contributed by atoms with E-state index in [0.717, 1.165) is 22.6 Å². The van der Waals surface area contributed by atoms with Crippen LogP contribution in [0.5, 0.6) is 5.75 Å². The summed E-state index contributed by atoms with van der Waals surface area (Å²) >= 11 is 0. The van der Waals surface area contributed by atoms with Crippen LogP contribution in [0, 0.1) is 6.92 Å². The Kier molecular flexibility index (Phi) is 4.16. The molecule has 26 heavy (non-hydrogen) atoms. The molecule has 0 radical (unpaired) electrons. The normalized spacial score (nSPS) is 16.5. The van der Waals surface area contributed by atoms with Gasteiger partial charge in [0.15, 0.2) is 5.69 Å². The minimum absolute atomic E-state index is 0.0711. The van der Waals surface area contributed by atoms with E-state index in [9.17, 15) is 4.79 Å². The Labute approximate surface area is 151 Å². The lowest BCUT2D eigenvalue weighted by Gasteiger charge is -2.25. The van der Waals surface area contributed by atoms with Crippen molar-refractivity contribution >= 4 is 5.91 Å². The van der Waals surface area contributed by atoms with Gasteiger partial charge in [-0.2, -0.15) is 0 Å². The van der Waals surface area contributed by atoms with Gasteiger partial charge < -0.3 is 14.1 Å². The average molecular weight is 349 g/mol. The Morgan fingerprint density at radius 1 is 1.27 bits per heavy atom. The number of benzene rings is 1. The van der Waals surface area contributed by atoms with Crippen molar-refractivity contribution in [2.75, 3.05) is 6.61 Å². The first kappa shape index (κ1) is 16.3. The van der Waals surface area contributed by atoms with Gasteiger partial charge in [0.1, 0.15) is 18.6 Å². The van der Waals surface area contributed by atoms with Crippen molar-refractivity contribution in [1.82, 2.24) is 14.9 Å². The molecule has 1 amide bonds. The Hall–Kier alpha value is -3.15. The highest BCUT2D eigenvalue weighted by Crippen LogP contribution is 2.26. The largest absolute Gasteiger partial charge is 0.491 e. The predicted molar refractivity (Wildman–Crippen MR) is 95.7 cm³/mol. The molecule has 3 heterocycles. The molecule has 1 aliphatic heterocycles. The van der Waals surface area contributed by atoms with Crippen molar-refractivity contribution < 1.29 is 13.9 Å². The molecular weight excluding hydrogens is 330 g/mol. The van der Waals surface area contributed by atoms with Crippen LogP contribution in [0.3, 0.4) is 0 Å². The summed E-state index contributed by atoms with van der Waals surface area (Å²) in [4.78, 5) is 23.3. The average Bonchev–Trinajstić information content (AvgIpc) is 3.08. The minimum atomic E-state index is -0.168. The van der Waals surface area contributed by atoms with Gasteiger partial charge in [-0.05, 0) is 32.0 Å². The van der Waals surface area contributed by atoms with Crippen molar-refractivity contribution in [3.05, 3.63) is 65.8 Å². The summed E-state index contributed by atoms with van der Waals surface area (Å²) in [5.74, 6) is 1.07. The van der Waals surface area contributed by atoms with Gasteiger partial charge in [0.05, 0.1) is 12.6 Å². The summed E-state index contributed by atoms with van der Waals surface area (Å²) in [6.07, 6.45) is 3.11. The summed E-state index contributed by atoms with van der Waals surface area (Å²) < 4.78 is 11.4. The van der Waals surface area contributed by atoms with Crippen LogP contribution in [0.2, 0.25) is 0 Å². The molecule has 1 atom stereocenters. The number of ether oxygens (including phenoxy) is 1. The quantitative estimate of drug-likeness (QED) is 0.709. The highest BCUT2D eigenvalue weighted by atomic mass is 16.5. The number of hydrogen-bond donors (Lipinski definition) is 0. The van der Waals surface area contributed by atoms with Crippen molar-refractivity contribution in [2.45, 2.75) is 26.4 Å². The zero-order valence-corrected chi connectivity index (χ0v) is 14.7. The number of oxazole rings is 1. The summed E-state index contributed by atoms with van der Waals surface area (Å²) in [5.41, 5.74) is 2.94. The molecule has 1 aliphatic rings. The highest BCUT2D eigenvalue weighted by molar-refractivity contribution is 5.92. The van der Waals surface area contributed by atoms with E-state index < -0.39 is 0 Å². The number of para-hydroxylation sites is 1. The standard InChI is InChI=1S/C20H19N3O3/c1-13-9-15(7-8-21-13)19-22-17(12-26-19)20(24)23-10-16-5-3-4-6-18(16)25-11-14(23)2/h3-9,12,14H,10-11H2,1-2H3. The minimum Gasteiger partial charge on any atom is -0.491 e. The molecule has 132 valence electrons. The van der Waals surface area contributed by atoms with Crippen LogP contribution in [0.1, 0.15) is 28.7 Å². The van der Waals surface area contributed by atoms with Crippen LogP contribution in [-0.2, 0) is 6.54 Å². The third-order valence-electron chi connectivity index (χ3n) is 4.45. The van der Waals surface area contributed by atoms with Crippen molar-refractivity contribution in [3.63, 3.8) is 0 Å². The van der Waals surface area contributed by atoms with Crippen LogP contribution in [0.4, 0.5) is 0 Å². The molecular formula is C20H19N3O3. The van der Waals surface area contributed by atoms with Gasteiger partial charge in [0.25, 0.3) is 5.91 Å². The molecule has 6 nitrogen and oxygen atoms in total. The third kappa shape index (κ3) is 3.06. The Balaban J connectivity index is 1.61. The van der Waals surface area contributed by atoms with E-state index in [1.165, 1.54) is 6.26 Å². The molecule has 0 spiro atoms. The maximum atomic E-state index is 13.0. The topological polar surface area (TPSA) is 68.5 Å². The molecule has 0 aliphatic carbocycles. The van der Waals surface area contributed by atoms with Crippen LogP contribution in [-0.4, -0.2) is 33.4 Å². The number of amides is 1. The van der Waals surface area contributed by atoms with Gasteiger partial charge in [-0.1, -0.05) is 18.2 Å². The molecule has 0 fully saturated rings. The van der Waals surface area contributed by atoms with Gasteiger partial charge in [-0.15, -0.1) is 0 Å². The van der Waals surface area contributed by atoms with Gasteiger partial charge >= 0.3 is 0 Å². The number of hydrogen-bond acceptors (Lipinski definition) is 5. The monoisotopic (exact) mass is 349 g/mol. The Bertz CT molecular complexity index is 951. The number of aromatic nitrogens is 2. The number of carbonyl (C=O) groups is 1. The number of rotatable bonds is 2. The van der Waals surface area contributed by atoms with Gasteiger partial charge in [-0.3, -0.25) is 9.78 Å². The fourth-order valence-electron chi connectivity index (χ4n) is 3.02. The van der Waals surface area contributed by atoms with E-state index in [4.69, 9.17) is 9.15 Å². The van der Waals surface area contributed by atoms with Crippen LogP contribution >= 0.6 is 0 Å². The van der Waals surface area contributed by atoms with Crippen LogP contribution < -0.4 is 4.74 Å². The molecule has 0 saturated heterocycles. The lowest BCUT2D eigenvalue weighted by atomic mass is 10.1. The molecule has 3 aromatic rings. The number of carbonyl (C=O) groups excluding carboxylic acids is 1. The molecule has 6 heteroatoms. The summed E-state index contributed by atoms with van der Waals surface area (Å²) in [7, 11) is 0. The molecule has 2 aromatic heterocycles. The predicted octanol–water partition coefficient (Wildman–Crippen LogP) is 3.47. The maximum Gasteiger partial charge on any atom is 0.276 e. The van der Waals surface area contributed by atoms with Crippen molar-refractivity contribution in [2.24, 2.45) is 0 Å². The number of fused-ring (bicyclic) bond motifs is 1. The fraction of sp³-hybridized carbons (Fsp3) is 0.250. The molecule has 1 aromatic carbocycles. The first-order valence-electron chi connectivity index (χ1n) is 8.52. The van der Waals surface area contributed by atoms with Gasteiger partial charge in [0.2, 0.25) is 5.89 Å². The first-order chi connectivity index (χ1) is 12.6. The fourth-order valence-corrected chi connectivity index (χ4v) is 3.02. The smallest absolute Gasteiger partial charge is 0.276 e. The Morgan fingerprint density at radius 3 is 2.96 bits per heavy atom. The van der Waals surface area contributed by atoms with E-state index in [0.29, 0.717) is 24.7 Å². The van der Waals surface area contributed by atoms with E-state index in [1.54, 1.807) is 11.1 Å². The molecule has 0 bridgehead atoms. The number of aryl methyl sites for hydroxylation is 1. The molecule has 1 unspecified atom stereocenters. The zero-order chi connectivity index (χ0) is 18.1. The van der Waals surface area contributed by atoms with Crippen LogP contribution in [0.15, 0.2) is 53.3 Å². The van der Waals surface area contributed by atoms with Crippen molar-refractivity contribution in [1.29, 1.82) is 0 Å². The lowest BCUT2D eigenvalue weighted by Crippen LogP contribution is -2.40. The second-order valence-electron chi connectivity index (χ2n) is 6.42. The molecule has 4 rings (SSSR count). The van der Waals surface area contributed by atoms with E-state index >= 15 is 0 Å². The van der Waals surface area contributed by atoms with Crippen molar-refractivity contribution in [3.8, 4) is 17.2 Å². The summed E-state index contributed by atoms with van der Waals surface area (Å²) in [5, 5.41) is 0. The molecule has 0 saturated carbocycles. The van der Waals surface area contributed by atoms with Gasteiger partial charge in [0, 0.05) is 23.0 Å². The zero-order valence-electron chi connectivity index (χ0n) is 14.7. The molecule has 0 N–H and O–H groups in total. The maximum absolute atomic E-state index is 13.0. The highest BCUT2D eigenvalue weighted by Gasteiger charge is 2.28. The number of nitrogens with zero attached hydrogens (tertiary/aromatic N) is 3. The second-order valence-corrected chi connectivity index (χ2v) is 6.42. The number of pyridine rings is 1. The van der Waals surface area contributed by atoms with E-state index in [1.807, 2.05) is 50.2 Å².